The highest BCUT2D eigenvalue weighted by molar-refractivity contribution is 9.10. The summed E-state index contributed by atoms with van der Waals surface area (Å²) in [6.45, 7) is 4.51. The Morgan fingerprint density at radius 2 is 2.20 bits per heavy atom. The predicted octanol–water partition coefficient (Wildman–Crippen LogP) is 6.17. The van der Waals surface area contributed by atoms with Crippen LogP contribution < -0.4 is 0 Å². The van der Waals surface area contributed by atoms with Crippen molar-refractivity contribution in [1.29, 1.82) is 0 Å². The van der Waals surface area contributed by atoms with Crippen LogP contribution >= 0.6 is 27.3 Å². The van der Waals surface area contributed by atoms with Crippen LogP contribution in [0.15, 0.2) is 28.7 Å². The summed E-state index contributed by atoms with van der Waals surface area (Å²) in [5.41, 5.74) is 2.40. The Morgan fingerprint density at radius 3 is 2.90 bits per heavy atom. The molecule has 0 aliphatic heterocycles. The number of hydrogen-bond donors (Lipinski definition) is 0. The first-order chi connectivity index (χ1) is 9.67. The van der Waals surface area contributed by atoms with Gasteiger partial charge in [0.25, 0.3) is 0 Å². The van der Waals surface area contributed by atoms with Gasteiger partial charge < -0.3 is 0 Å². The molecule has 20 heavy (non-hydrogen) atoms. The van der Waals surface area contributed by atoms with Crippen molar-refractivity contribution in [3.8, 4) is 11.3 Å². The van der Waals surface area contributed by atoms with E-state index in [2.05, 4.69) is 54.0 Å². The molecule has 0 radical (unpaired) electrons. The van der Waals surface area contributed by atoms with Gasteiger partial charge in [0.1, 0.15) is 0 Å². The molecule has 1 aromatic heterocycles. The Balaban J connectivity index is 1.88. The molecule has 2 atom stereocenters. The van der Waals surface area contributed by atoms with E-state index in [0.29, 0.717) is 5.92 Å². The minimum absolute atomic E-state index is 0.699. The molecular formula is C17H20BrNS. The fraction of sp³-hybridized carbons (Fsp3) is 0.471. The van der Waals surface area contributed by atoms with Crippen LogP contribution in [0.25, 0.3) is 11.3 Å². The molecule has 3 heteroatoms. The number of rotatable bonds is 3. The molecule has 3 rings (SSSR count). The number of benzene rings is 1. The average Bonchev–Trinajstić information content (AvgIpc) is 3.04. The Bertz CT molecular complexity index is 605. The molecule has 0 amide bonds. The van der Waals surface area contributed by atoms with Crippen LogP contribution in [0.5, 0.6) is 0 Å². The van der Waals surface area contributed by atoms with Gasteiger partial charge in [0.2, 0.25) is 0 Å². The van der Waals surface area contributed by atoms with Gasteiger partial charge in [0.05, 0.1) is 10.7 Å². The van der Waals surface area contributed by atoms with Crippen molar-refractivity contribution in [3.63, 3.8) is 0 Å². The van der Waals surface area contributed by atoms with E-state index in [1.54, 1.807) is 0 Å². The third-order valence-electron chi connectivity index (χ3n) is 4.38. The standard InChI is InChI=1S/C17H20BrNS/c1-3-12-7-8-14(9-12)17-19-16(11(2)20-17)13-5-4-6-15(18)10-13/h4-6,10,12,14H,3,7-9H2,1-2H3. The summed E-state index contributed by atoms with van der Waals surface area (Å²) in [6, 6.07) is 8.46. The van der Waals surface area contributed by atoms with Crippen molar-refractivity contribution in [1.82, 2.24) is 4.98 Å². The zero-order chi connectivity index (χ0) is 14.1. The summed E-state index contributed by atoms with van der Waals surface area (Å²) in [5.74, 6) is 1.61. The molecule has 1 aliphatic carbocycles. The maximum Gasteiger partial charge on any atom is 0.0966 e. The molecule has 1 saturated carbocycles. The van der Waals surface area contributed by atoms with Crippen LogP contribution in [0.3, 0.4) is 0 Å². The molecule has 1 aliphatic rings. The second-order valence-corrected chi connectivity index (χ2v) is 7.90. The topological polar surface area (TPSA) is 12.9 Å². The van der Waals surface area contributed by atoms with Gasteiger partial charge in [0, 0.05) is 20.8 Å². The fourth-order valence-electron chi connectivity index (χ4n) is 3.17. The van der Waals surface area contributed by atoms with Crippen LogP contribution in [-0.4, -0.2) is 4.98 Å². The molecule has 2 unspecified atom stereocenters. The highest BCUT2D eigenvalue weighted by atomic mass is 79.9. The van der Waals surface area contributed by atoms with Crippen molar-refractivity contribution in [2.45, 2.75) is 45.4 Å². The fourth-order valence-corrected chi connectivity index (χ4v) is 4.66. The van der Waals surface area contributed by atoms with Gasteiger partial charge in [-0.3, -0.25) is 0 Å². The van der Waals surface area contributed by atoms with Crippen LogP contribution in [0.4, 0.5) is 0 Å². The normalized spacial score (nSPS) is 22.4. The van der Waals surface area contributed by atoms with Gasteiger partial charge in [-0.2, -0.15) is 0 Å². The van der Waals surface area contributed by atoms with Crippen LogP contribution in [0.2, 0.25) is 0 Å². The van der Waals surface area contributed by atoms with Gasteiger partial charge in [-0.15, -0.1) is 11.3 Å². The van der Waals surface area contributed by atoms with Crippen LogP contribution in [0.1, 0.15) is 48.4 Å². The number of thiazole rings is 1. The van der Waals surface area contributed by atoms with E-state index in [9.17, 15) is 0 Å². The Morgan fingerprint density at radius 1 is 1.35 bits per heavy atom. The van der Waals surface area contributed by atoms with Gasteiger partial charge in [-0.25, -0.2) is 4.98 Å². The highest BCUT2D eigenvalue weighted by Gasteiger charge is 2.27. The third kappa shape index (κ3) is 2.84. The molecule has 0 saturated heterocycles. The quantitative estimate of drug-likeness (QED) is 0.645. The highest BCUT2D eigenvalue weighted by Crippen LogP contribution is 2.42. The van der Waals surface area contributed by atoms with E-state index in [4.69, 9.17) is 4.98 Å². The maximum absolute atomic E-state index is 4.97. The molecular weight excluding hydrogens is 330 g/mol. The monoisotopic (exact) mass is 349 g/mol. The molecule has 106 valence electrons. The van der Waals surface area contributed by atoms with Crippen molar-refractivity contribution in [2.75, 3.05) is 0 Å². The number of hydrogen-bond acceptors (Lipinski definition) is 2. The summed E-state index contributed by atoms with van der Waals surface area (Å²) in [5, 5.41) is 1.36. The van der Waals surface area contributed by atoms with Crippen LogP contribution in [0, 0.1) is 12.8 Å². The lowest BCUT2D eigenvalue weighted by atomic mass is 10.0. The van der Waals surface area contributed by atoms with Gasteiger partial charge >= 0.3 is 0 Å². The van der Waals surface area contributed by atoms with Crippen molar-refractivity contribution < 1.29 is 0 Å². The smallest absolute Gasteiger partial charge is 0.0966 e. The molecule has 1 fully saturated rings. The Hall–Kier alpha value is -0.670. The van der Waals surface area contributed by atoms with Crippen molar-refractivity contribution >= 4 is 27.3 Å². The lowest BCUT2D eigenvalue weighted by Crippen LogP contribution is -1.94. The zero-order valence-electron chi connectivity index (χ0n) is 12.0. The van der Waals surface area contributed by atoms with E-state index in [1.165, 1.54) is 46.8 Å². The molecule has 0 bridgehead atoms. The first kappa shape index (κ1) is 14.3. The molecule has 2 aromatic rings. The summed E-state index contributed by atoms with van der Waals surface area (Å²) >= 11 is 5.45. The number of aryl methyl sites for hydroxylation is 1. The van der Waals surface area contributed by atoms with E-state index in [0.717, 1.165) is 10.4 Å². The van der Waals surface area contributed by atoms with Crippen molar-refractivity contribution in [2.24, 2.45) is 5.92 Å². The summed E-state index contributed by atoms with van der Waals surface area (Å²) in [6.07, 6.45) is 5.36. The SMILES string of the molecule is CCC1CCC(c2nc(-c3cccc(Br)c3)c(C)s2)C1. The van der Waals surface area contributed by atoms with Crippen LogP contribution in [-0.2, 0) is 0 Å². The minimum atomic E-state index is 0.699. The largest absolute Gasteiger partial charge is 0.241 e. The molecule has 1 aromatic carbocycles. The first-order valence-electron chi connectivity index (χ1n) is 7.40. The van der Waals surface area contributed by atoms with Crippen molar-refractivity contribution in [3.05, 3.63) is 38.6 Å². The van der Waals surface area contributed by atoms with E-state index < -0.39 is 0 Å². The minimum Gasteiger partial charge on any atom is -0.241 e. The second kappa shape index (κ2) is 5.98. The molecule has 1 nitrogen and oxygen atoms in total. The lowest BCUT2D eigenvalue weighted by molar-refractivity contribution is 0.521. The summed E-state index contributed by atoms with van der Waals surface area (Å²) < 4.78 is 1.12. The predicted molar refractivity (Wildman–Crippen MR) is 90.4 cm³/mol. The zero-order valence-corrected chi connectivity index (χ0v) is 14.4. The van der Waals surface area contributed by atoms with Gasteiger partial charge in [-0.1, -0.05) is 41.4 Å². The molecule has 0 N–H and O–H groups in total. The number of nitrogens with zero attached hydrogens (tertiary/aromatic N) is 1. The first-order valence-corrected chi connectivity index (χ1v) is 9.01. The average molecular weight is 350 g/mol. The second-order valence-electron chi connectivity index (χ2n) is 5.75. The summed E-state index contributed by atoms with van der Waals surface area (Å²) in [4.78, 5) is 6.31. The molecule has 1 heterocycles. The van der Waals surface area contributed by atoms with Gasteiger partial charge in [0.15, 0.2) is 0 Å². The number of halogens is 1. The Kier molecular flexibility index (Phi) is 4.27. The van der Waals surface area contributed by atoms with Gasteiger partial charge in [-0.05, 0) is 44.2 Å². The summed E-state index contributed by atoms with van der Waals surface area (Å²) in [7, 11) is 0. The Labute approximate surface area is 133 Å². The number of aromatic nitrogens is 1. The lowest BCUT2D eigenvalue weighted by Gasteiger charge is -2.06. The van der Waals surface area contributed by atoms with E-state index >= 15 is 0 Å². The van der Waals surface area contributed by atoms with E-state index in [1.807, 2.05) is 11.3 Å². The third-order valence-corrected chi connectivity index (χ3v) is 6.01. The molecule has 0 spiro atoms. The van der Waals surface area contributed by atoms with E-state index in [-0.39, 0.29) is 0 Å². The maximum atomic E-state index is 4.97.